The van der Waals surface area contributed by atoms with Crippen molar-refractivity contribution >= 4 is 18.3 Å². The molecule has 0 spiro atoms. The third kappa shape index (κ3) is 7.44. The first kappa shape index (κ1) is 20.4. The fourth-order valence-electron chi connectivity index (χ4n) is 1.74. The van der Waals surface area contributed by atoms with E-state index in [-0.39, 0.29) is 13.0 Å². The van der Waals surface area contributed by atoms with Gasteiger partial charge >= 0.3 is 11.9 Å². The van der Waals surface area contributed by atoms with Crippen LogP contribution in [0.1, 0.15) is 26.3 Å². The molecule has 1 rings (SSSR count). The summed E-state index contributed by atoms with van der Waals surface area (Å²) in [6.07, 6.45) is 1.50. The number of ether oxygens (including phenoxy) is 2. The van der Waals surface area contributed by atoms with E-state index in [1.54, 1.807) is 45.0 Å². The molecule has 0 fully saturated rings. The average molecular weight is 579 g/mol. The fourth-order valence-corrected chi connectivity index (χ4v) is 1.74. The van der Waals surface area contributed by atoms with Crippen LogP contribution in [0.4, 0.5) is 0 Å². The Labute approximate surface area is 134 Å². The summed E-state index contributed by atoms with van der Waals surface area (Å²) in [5.41, 5.74) is 0.128. The molecule has 1 amide bonds. The van der Waals surface area contributed by atoms with Crippen LogP contribution in [-0.4, -0.2) is 41.7 Å². The molecule has 0 heterocycles. The predicted octanol–water partition coefficient (Wildman–Crippen LogP) is 1.06. The minimum Gasteiger partial charge on any atom is -0.520 e. The van der Waals surface area contributed by atoms with Gasteiger partial charge in [0.25, 0.3) is 0 Å². The van der Waals surface area contributed by atoms with E-state index in [1.807, 2.05) is 0 Å². The molecule has 1 aromatic carbocycles. The summed E-state index contributed by atoms with van der Waals surface area (Å²) < 4.78 is 10.4. The SMILES string of the molecule is CC(C)(C)OC(=O)COc1ccc(CC(N[C-]=O)C(=O)O)cc1.[Fm]. The van der Waals surface area contributed by atoms with Gasteiger partial charge in [-0.25, -0.2) is 4.79 Å². The molecular weight excluding hydrogens is 559 g/mol. The Bertz CT molecular complexity index is 553. The molecule has 0 bridgehead atoms. The number of hydrogen-bond acceptors (Lipinski definition) is 5. The standard InChI is InChI=1S/C16H20NO6.Fm/c1-16(2,3)23-14(19)9-22-12-6-4-11(5-7-12)8-13(15(20)21)17-10-18;/h4-7,13H,8-9H2,1-3H3,(H,17,18)(H,20,21);/q-1;. The van der Waals surface area contributed by atoms with Crippen LogP contribution in [0.5, 0.6) is 5.75 Å². The molecular formula is C16H20FmNO6-. The van der Waals surface area contributed by atoms with Gasteiger partial charge in [0.15, 0.2) is 6.61 Å². The second kappa shape index (κ2) is 8.77. The van der Waals surface area contributed by atoms with Crippen molar-refractivity contribution in [3.63, 3.8) is 0 Å². The largest absolute Gasteiger partial charge is 0.520 e. The van der Waals surface area contributed by atoms with Gasteiger partial charge in [0, 0.05) is 6.42 Å². The van der Waals surface area contributed by atoms with Crippen molar-refractivity contribution in [2.45, 2.75) is 38.8 Å². The minimum absolute atomic E-state index is 0. The van der Waals surface area contributed by atoms with Crippen LogP contribution in [0.25, 0.3) is 0 Å². The normalized spacial score (nSPS) is 11.6. The van der Waals surface area contributed by atoms with Crippen molar-refractivity contribution in [2.24, 2.45) is 0 Å². The maximum absolute atomic E-state index is 11.5. The minimum atomic E-state index is -1.14. The summed E-state index contributed by atoms with van der Waals surface area (Å²) in [4.78, 5) is 32.7. The van der Waals surface area contributed by atoms with Crippen molar-refractivity contribution in [1.29, 1.82) is 0 Å². The van der Waals surface area contributed by atoms with Gasteiger partial charge in [-0.15, -0.1) is 0 Å². The summed E-state index contributed by atoms with van der Waals surface area (Å²) in [6, 6.07) is 5.51. The third-order valence-electron chi connectivity index (χ3n) is 2.67. The predicted molar refractivity (Wildman–Crippen MR) is 81.7 cm³/mol. The van der Waals surface area contributed by atoms with E-state index in [0.29, 0.717) is 11.3 Å². The molecule has 0 aromatic heterocycles. The molecule has 0 aliphatic rings. The number of amides is 1. The first-order valence-electron chi connectivity index (χ1n) is 7.00. The summed E-state index contributed by atoms with van der Waals surface area (Å²) in [5, 5.41) is 11.1. The monoisotopic (exact) mass is 579 g/mol. The van der Waals surface area contributed by atoms with Crippen molar-refractivity contribution in [3.8, 4) is 5.75 Å². The summed E-state index contributed by atoms with van der Waals surface area (Å²) in [6.45, 7) is 5.09. The van der Waals surface area contributed by atoms with E-state index in [1.165, 1.54) is 6.41 Å². The van der Waals surface area contributed by atoms with Crippen molar-refractivity contribution in [2.75, 3.05) is 6.61 Å². The quantitative estimate of drug-likeness (QED) is 0.272. The van der Waals surface area contributed by atoms with Crippen LogP contribution in [0, 0.1) is 0 Å². The van der Waals surface area contributed by atoms with Gasteiger partial charge in [-0.2, -0.15) is 6.41 Å². The van der Waals surface area contributed by atoms with Crippen LogP contribution in [0.2, 0.25) is 0 Å². The number of carbonyl (C=O) groups is 2. The number of nitrogens with one attached hydrogen (secondary N) is 1. The van der Waals surface area contributed by atoms with Gasteiger partial charge in [-0.1, -0.05) is 12.1 Å². The molecule has 0 aliphatic carbocycles. The maximum atomic E-state index is 11.5. The number of carboxylic acid groups (broad SMARTS) is 1. The Morgan fingerprint density at radius 3 is 2.29 bits per heavy atom. The van der Waals surface area contributed by atoms with Crippen molar-refractivity contribution in [3.05, 3.63) is 29.8 Å². The Hall–Kier alpha value is -3.57. The second-order valence-corrected chi connectivity index (χ2v) is 5.86. The zero-order chi connectivity index (χ0) is 17.5. The van der Waals surface area contributed by atoms with Gasteiger partial charge < -0.3 is 24.7 Å². The number of carboxylic acids is 1. The summed E-state index contributed by atoms with van der Waals surface area (Å²) in [5.74, 6) is -1.15. The van der Waals surface area contributed by atoms with Crippen LogP contribution in [-0.2, 0) is 25.5 Å². The first-order valence-corrected chi connectivity index (χ1v) is 7.00. The Morgan fingerprint density at radius 2 is 1.83 bits per heavy atom. The molecule has 8 heteroatoms. The van der Waals surface area contributed by atoms with Gasteiger partial charge in [-0.05, 0) is 38.5 Å². The van der Waals surface area contributed by atoms with Gasteiger partial charge in [0.2, 0.25) is 0 Å². The molecule has 0 saturated carbocycles. The van der Waals surface area contributed by atoms with Gasteiger partial charge in [0.1, 0.15) is 17.4 Å². The molecule has 1 atom stereocenters. The molecule has 0 aliphatic heterocycles. The molecule has 24 heavy (non-hydrogen) atoms. The Kier molecular flexibility index (Phi) is 7.47. The Balaban J connectivity index is 0.00000529. The van der Waals surface area contributed by atoms with E-state index in [9.17, 15) is 14.4 Å². The fraction of sp³-hybridized carbons (Fsp3) is 0.438. The van der Waals surface area contributed by atoms with Crippen molar-refractivity contribution in [1.82, 2.24) is 5.32 Å². The molecule has 1 unspecified atom stereocenters. The van der Waals surface area contributed by atoms with Crippen LogP contribution in [0.15, 0.2) is 24.3 Å². The summed E-state index contributed by atoms with van der Waals surface area (Å²) >= 11 is 0. The number of benzene rings is 1. The van der Waals surface area contributed by atoms with E-state index >= 15 is 0 Å². The smallest absolute Gasteiger partial charge is 0.344 e. The van der Waals surface area contributed by atoms with Gasteiger partial charge in [-0.3, -0.25) is 4.79 Å². The number of hydrogen-bond donors (Lipinski definition) is 2. The maximum Gasteiger partial charge on any atom is 0.344 e. The molecule has 138 valence electrons. The molecule has 0 saturated heterocycles. The Morgan fingerprint density at radius 1 is 1.25 bits per heavy atom. The van der Waals surface area contributed by atoms with E-state index < -0.39 is 23.6 Å². The number of carbonyl (C=O) groups excluding carboxylic acids is 2. The molecule has 0 radical (unpaired) electrons. The number of aliphatic carboxylic acids is 1. The number of esters is 1. The van der Waals surface area contributed by atoms with E-state index in [4.69, 9.17) is 14.6 Å². The zero-order valence-corrected chi connectivity index (χ0v) is 16.0. The second-order valence-electron chi connectivity index (χ2n) is 5.86. The van der Waals surface area contributed by atoms with Crippen LogP contribution < -0.4 is 10.1 Å². The van der Waals surface area contributed by atoms with Gasteiger partial charge in [0.05, 0.1) is 0 Å². The zero-order valence-electron chi connectivity index (χ0n) is 13.6. The van der Waals surface area contributed by atoms with Crippen LogP contribution >= 0.6 is 0 Å². The van der Waals surface area contributed by atoms with Crippen LogP contribution in [0.3, 0.4) is 0 Å². The molecule has 7 nitrogen and oxygen atoms in total. The first-order chi connectivity index (χ1) is 10.7. The number of rotatable bonds is 8. The third-order valence-corrected chi connectivity index (χ3v) is 2.67. The molecule has 2 N–H and O–H groups in total. The average Bonchev–Trinajstić information content (AvgIpc) is 2.44. The van der Waals surface area contributed by atoms with E-state index in [2.05, 4.69) is 5.32 Å². The van der Waals surface area contributed by atoms with Crippen molar-refractivity contribution < 1.29 is 29.0 Å². The topological polar surface area (TPSA) is 102 Å². The summed E-state index contributed by atoms with van der Waals surface area (Å²) in [7, 11) is 0. The van der Waals surface area contributed by atoms with E-state index in [0.717, 1.165) is 0 Å². The molecule has 1 aromatic rings.